The first-order valence-electron chi connectivity index (χ1n) is 18.0. The van der Waals surface area contributed by atoms with Gasteiger partial charge in [-0.25, -0.2) is 0 Å². The van der Waals surface area contributed by atoms with Crippen molar-refractivity contribution >= 4 is 43.4 Å². The van der Waals surface area contributed by atoms with E-state index in [2.05, 4.69) is 199 Å². The van der Waals surface area contributed by atoms with E-state index in [4.69, 9.17) is 0 Å². The Labute approximate surface area is 308 Å². The van der Waals surface area contributed by atoms with Crippen molar-refractivity contribution < 1.29 is 0 Å². The molecule has 1 aromatic heterocycles. The van der Waals surface area contributed by atoms with Gasteiger partial charge in [-0.1, -0.05) is 170 Å². The predicted octanol–water partition coefficient (Wildman–Crippen LogP) is 13.6. The Balaban J connectivity index is 1.00. The summed E-state index contributed by atoms with van der Waals surface area (Å²) < 4.78 is 2.26. The summed E-state index contributed by atoms with van der Waals surface area (Å²) in [6.45, 7) is 0. The van der Waals surface area contributed by atoms with E-state index in [9.17, 15) is 5.26 Å². The van der Waals surface area contributed by atoms with Gasteiger partial charge in [-0.2, -0.15) is 5.26 Å². The summed E-state index contributed by atoms with van der Waals surface area (Å²) in [7, 11) is 0. The van der Waals surface area contributed by atoms with Crippen LogP contribution in [0.15, 0.2) is 194 Å². The highest BCUT2D eigenvalue weighted by Gasteiger charge is 2.17. The highest BCUT2D eigenvalue weighted by Crippen LogP contribution is 2.44. The van der Waals surface area contributed by atoms with Crippen LogP contribution in [0.2, 0.25) is 0 Å². The maximum absolute atomic E-state index is 10.3. The van der Waals surface area contributed by atoms with Crippen LogP contribution in [-0.4, -0.2) is 4.57 Å². The quantitative estimate of drug-likeness (QED) is 0.167. The van der Waals surface area contributed by atoms with E-state index < -0.39 is 0 Å². The van der Waals surface area contributed by atoms with Crippen LogP contribution in [0.25, 0.3) is 93.5 Å². The zero-order chi connectivity index (χ0) is 35.3. The molecule has 2 heteroatoms. The number of hydrogen-bond donors (Lipinski definition) is 0. The molecule has 10 aromatic rings. The molecule has 10 rings (SSSR count). The van der Waals surface area contributed by atoms with Gasteiger partial charge in [-0.3, -0.25) is 0 Å². The van der Waals surface area contributed by atoms with E-state index in [1.165, 1.54) is 54.6 Å². The van der Waals surface area contributed by atoms with E-state index in [-0.39, 0.29) is 0 Å². The second-order valence-electron chi connectivity index (χ2n) is 13.6. The van der Waals surface area contributed by atoms with Crippen molar-refractivity contribution in [2.45, 2.75) is 0 Å². The summed E-state index contributed by atoms with van der Waals surface area (Å²) in [5, 5.41) is 17.7. The molecule has 246 valence electrons. The van der Waals surface area contributed by atoms with Crippen molar-refractivity contribution in [1.82, 2.24) is 4.57 Å². The lowest BCUT2D eigenvalue weighted by Gasteiger charge is -2.18. The molecule has 0 bridgehead atoms. The van der Waals surface area contributed by atoms with E-state index in [0.717, 1.165) is 39.0 Å². The van der Waals surface area contributed by atoms with Gasteiger partial charge < -0.3 is 4.57 Å². The fraction of sp³-hybridized carbons (Fsp3) is 0. The van der Waals surface area contributed by atoms with Crippen LogP contribution >= 0.6 is 0 Å². The maximum atomic E-state index is 10.3. The van der Waals surface area contributed by atoms with Gasteiger partial charge in [0, 0.05) is 16.5 Å². The summed E-state index contributed by atoms with van der Waals surface area (Å²) >= 11 is 0. The zero-order valence-electron chi connectivity index (χ0n) is 28.9. The van der Waals surface area contributed by atoms with Gasteiger partial charge in [-0.05, 0) is 90.3 Å². The van der Waals surface area contributed by atoms with Gasteiger partial charge in [0.2, 0.25) is 0 Å². The maximum Gasteiger partial charge on any atom is 0.0998 e. The van der Waals surface area contributed by atoms with Gasteiger partial charge >= 0.3 is 0 Å². The lowest BCUT2D eigenvalue weighted by molar-refractivity contribution is 1.18. The summed E-state index contributed by atoms with van der Waals surface area (Å²) in [4.78, 5) is 0. The van der Waals surface area contributed by atoms with E-state index in [0.29, 0.717) is 5.56 Å². The smallest absolute Gasteiger partial charge is 0.0998 e. The lowest BCUT2D eigenvalue weighted by Crippen LogP contribution is -1.96. The second kappa shape index (κ2) is 12.5. The molecule has 0 aliphatic heterocycles. The highest BCUT2D eigenvalue weighted by atomic mass is 15.0. The Morgan fingerprint density at radius 1 is 0.340 bits per heavy atom. The zero-order valence-corrected chi connectivity index (χ0v) is 28.9. The third-order valence-electron chi connectivity index (χ3n) is 10.7. The number of fused-ring (bicyclic) bond motifs is 5. The van der Waals surface area contributed by atoms with Crippen molar-refractivity contribution in [3.63, 3.8) is 0 Å². The van der Waals surface area contributed by atoms with Gasteiger partial charge in [0.05, 0.1) is 22.7 Å². The molecule has 0 N–H and O–H groups in total. The van der Waals surface area contributed by atoms with E-state index in [1.807, 2.05) is 6.07 Å². The first-order valence-corrected chi connectivity index (χ1v) is 18.0. The molecule has 0 unspecified atom stereocenters. The van der Waals surface area contributed by atoms with Crippen LogP contribution in [0.3, 0.4) is 0 Å². The second-order valence-corrected chi connectivity index (χ2v) is 13.6. The molecule has 1 heterocycles. The average molecular weight is 673 g/mol. The number of hydrogen-bond acceptors (Lipinski definition) is 1. The fourth-order valence-corrected chi connectivity index (χ4v) is 8.24. The summed E-state index contributed by atoms with van der Waals surface area (Å²) in [5.41, 5.74) is 13.1. The molecule has 9 aromatic carbocycles. The monoisotopic (exact) mass is 672 g/mol. The Kier molecular flexibility index (Phi) is 7.23. The predicted molar refractivity (Wildman–Crippen MR) is 222 cm³/mol. The molecular formula is C51H32N2. The average Bonchev–Trinajstić information content (AvgIpc) is 3.57. The van der Waals surface area contributed by atoms with Crippen LogP contribution < -0.4 is 0 Å². The number of nitrogens with zero attached hydrogens (tertiary/aromatic N) is 2. The molecule has 0 atom stereocenters. The highest BCUT2D eigenvalue weighted by molar-refractivity contribution is 6.21. The van der Waals surface area contributed by atoms with Crippen molar-refractivity contribution in [3.05, 3.63) is 200 Å². The van der Waals surface area contributed by atoms with Crippen LogP contribution in [-0.2, 0) is 0 Å². The Morgan fingerprint density at radius 2 is 0.736 bits per heavy atom. The summed E-state index contributed by atoms with van der Waals surface area (Å²) in [5.74, 6) is 0. The molecule has 0 fully saturated rings. The molecule has 0 amide bonds. The minimum atomic E-state index is 0.652. The number of aromatic nitrogens is 1. The number of nitriles is 1. The SMILES string of the molecule is N#Cc1cc(-n2c3ccccc3c3ccccc32)ccc1-c1ccc(-c2ccc(-c3c4ccccc4c(-c4ccccc4)c4ccccc34)cc2)cc1. The Hall–Kier alpha value is -7.21. The molecular weight excluding hydrogens is 641 g/mol. The molecule has 0 saturated heterocycles. The summed E-state index contributed by atoms with van der Waals surface area (Å²) in [6.07, 6.45) is 0. The normalized spacial score (nSPS) is 11.4. The molecule has 0 spiro atoms. The first kappa shape index (κ1) is 30.6. The molecule has 0 aliphatic rings. The first-order chi connectivity index (χ1) is 26.3. The molecule has 0 radical (unpaired) electrons. The minimum Gasteiger partial charge on any atom is -0.309 e. The molecule has 0 aliphatic carbocycles. The Bertz CT molecular complexity index is 2920. The van der Waals surface area contributed by atoms with Gasteiger partial charge in [-0.15, -0.1) is 0 Å². The summed E-state index contributed by atoms with van der Waals surface area (Å²) in [6, 6.07) is 71.4. The number of rotatable bonds is 5. The minimum absolute atomic E-state index is 0.652. The van der Waals surface area contributed by atoms with Crippen molar-refractivity contribution in [2.75, 3.05) is 0 Å². The van der Waals surface area contributed by atoms with E-state index in [1.54, 1.807) is 0 Å². The lowest BCUT2D eigenvalue weighted by atomic mass is 9.85. The molecule has 53 heavy (non-hydrogen) atoms. The van der Waals surface area contributed by atoms with Crippen LogP contribution in [0.1, 0.15) is 5.56 Å². The van der Waals surface area contributed by atoms with Gasteiger partial charge in [0.1, 0.15) is 0 Å². The van der Waals surface area contributed by atoms with Crippen LogP contribution in [0.5, 0.6) is 0 Å². The Morgan fingerprint density at radius 3 is 1.23 bits per heavy atom. The van der Waals surface area contributed by atoms with Crippen LogP contribution in [0.4, 0.5) is 0 Å². The van der Waals surface area contributed by atoms with Gasteiger partial charge in [0.15, 0.2) is 0 Å². The van der Waals surface area contributed by atoms with Crippen LogP contribution in [0, 0.1) is 11.3 Å². The standard InChI is InChI=1S/C51H32N2/c52-33-39-32-40(53-48-20-10-8-14-42(48)43-15-9-11-21-49(43)53)30-31-41(39)36-26-22-34(23-27-36)35-24-28-38(29-25-35)51-46-18-6-4-16-44(46)50(37-12-2-1-3-13-37)45-17-5-7-19-47(45)51/h1-32H. The molecule has 2 nitrogen and oxygen atoms in total. The van der Waals surface area contributed by atoms with E-state index >= 15 is 0 Å². The molecule has 0 saturated carbocycles. The van der Waals surface area contributed by atoms with Crippen molar-refractivity contribution in [3.8, 4) is 56.3 Å². The van der Waals surface area contributed by atoms with Crippen molar-refractivity contribution in [1.29, 1.82) is 5.26 Å². The fourth-order valence-electron chi connectivity index (χ4n) is 8.24. The van der Waals surface area contributed by atoms with Gasteiger partial charge in [0.25, 0.3) is 0 Å². The number of para-hydroxylation sites is 2. The van der Waals surface area contributed by atoms with Crippen molar-refractivity contribution in [2.24, 2.45) is 0 Å². The number of benzene rings is 9. The largest absolute Gasteiger partial charge is 0.309 e. The third-order valence-corrected chi connectivity index (χ3v) is 10.7. The third kappa shape index (κ3) is 5.02. The topological polar surface area (TPSA) is 28.7 Å².